The van der Waals surface area contributed by atoms with Crippen LogP contribution in [0.5, 0.6) is 5.75 Å². The molecule has 0 radical (unpaired) electrons. The maximum absolute atomic E-state index is 12.4. The van der Waals surface area contributed by atoms with Gasteiger partial charge in [-0.1, -0.05) is 55.8 Å². The molecule has 1 amide bonds. The van der Waals surface area contributed by atoms with Gasteiger partial charge in [-0.2, -0.15) is 0 Å². The van der Waals surface area contributed by atoms with E-state index in [1.165, 1.54) is 0 Å². The zero-order chi connectivity index (χ0) is 21.6. The number of aliphatic carboxylic acids is 1. The lowest BCUT2D eigenvalue weighted by Gasteiger charge is -2.27. The Kier molecular flexibility index (Phi) is 7.85. The highest BCUT2D eigenvalue weighted by atomic mass is 79.9. The zero-order valence-electron chi connectivity index (χ0n) is 17.2. The van der Waals surface area contributed by atoms with Crippen molar-refractivity contribution in [1.82, 2.24) is 5.32 Å². The molecule has 0 aliphatic heterocycles. The van der Waals surface area contributed by atoms with E-state index in [4.69, 9.17) is 4.74 Å². The summed E-state index contributed by atoms with van der Waals surface area (Å²) in [4.78, 5) is 23.8. The molecule has 0 spiro atoms. The quantitative estimate of drug-likeness (QED) is 0.547. The standard InChI is InChI=1S/C23H28BrNO4/c1-5-20(15-6-10-17(24)11-7-15)29-18-12-8-16(9-13-18)21(26)25-14-19(22(27)28)23(2,3)4/h6-13,19-20H,5,14H2,1-4H3,(H,25,26)(H,27,28). The SMILES string of the molecule is CCC(Oc1ccc(C(=O)NCC(C(=O)O)C(C)(C)C)cc1)c1ccc(Br)cc1. The van der Waals surface area contributed by atoms with Crippen LogP contribution in [0.1, 0.15) is 56.1 Å². The molecule has 0 bridgehead atoms. The molecule has 156 valence electrons. The van der Waals surface area contributed by atoms with Crippen LogP contribution in [-0.4, -0.2) is 23.5 Å². The van der Waals surface area contributed by atoms with E-state index in [-0.39, 0.29) is 18.6 Å². The Labute approximate surface area is 180 Å². The molecule has 2 unspecified atom stereocenters. The Hall–Kier alpha value is -2.34. The van der Waals surface area contributed by atoms with Crippen molar-refractivity contribution < 1.29 is 19.4 Å². The number of carboxylic acid groups (broad SMARTS) is 1. The van der Waals surface area contributed by atoms with E-state index < -0.39 is 17.3 Å². The minimum absolute atomic E-state index is 0.0779. The summed E-state index contributed by atoms with van der Waals surface area (Å²) in [7, 11) is 0. The van der Waals surface area contributed by atoms with Gasteiger partial charge in [0.05, 0.1) is 5.92 Å². The third-order valence-electron chi connectivity index (χ3n) is 4.82. The smallest absolute Gasteiger partial charge is 0.308 e. The van der Waals surface area contributed by atoms with Crippen LogP contribution in [0, 0.1) is 11.3 Å². The predicted octanol–water partition coefficient (Wildman–Crippen LogP) is 5.46. The van der Waals surface area contributed by atoms with E-state index in [1.807, 2.05) is 45.0 Å². The Morgan fingerprint density at radius 3 is 2.14 bits per heavy atom. The Balaban J connectivity index is 2.00. The monoisotopic (exact) mass is 461 g/mol. The summed E-state index contributed by atoms with van der Waals surface area (Å²) in [5.41, 5.74) is 1.10. The number of amides is 1. The number of benzene rings is 2. The van der Waals surface area contributed by atoms with Gasteiger partial charge < -0.3 is 15.2 Å². The third-order valence-corrected chi connectivity index (χ3v) is 5.35. The van der Waals surface area contributed by atoms with E-state index >= 15 is 0 Å². The van der Waals surface area contributed by atoms with E-state index in [1.54, 1.807) is 24.3 Å². The highest BCUT2D eigenvalue weighted by molar-refractivity contribution is 9.10. The van der Waals surface area contributed by atoms with Crippen LogP contribution in [0.15, 0.2) is 53.0 Å². The number of carbonyl (C=O) groups excluding carboxylic acids is 1. The molecule has 0 aromatic heterocycles. The van der Waals surface area contributed by atoms with Crippen molar-refractivity contribution >= 4 is 27.8 Å². The second kappa shape index (κ2) is 9.92. The van der Waals surface area contributed by atoms with Crippen LogP contribution < -0.4 is 10.1 Å². The Bertz CT molecular complexity index is 825. The molecule has 2 rings (SSSR count). The first-order chi connectivity index (χ1) is 13.6. The molecule has 0 aliphatic rings. The molecular formula is C23H28BrNO4. The van der Waals surface area contributed by atoms with E-state index in [0.29, 0.717) is 11.3 Å². The number of hydrogen-bond acceptors (Lipinski definition) is 3. The summed E-state index contributed by atoms with van der Waals surface area (Å²) >= 11 is 3.43. The summed E-state index contributed by atoms with van der Waals surface area (Å²) in [6.45, 7) is 7.68. The molecule has 2 aromatic rings. The molecule has 29 heavy (non-hydrogen) atoms. The van der Waals surface area contributed by atoms with E-state index in [2.05, 4.69) is 28.2 Å². The van der Waals surface area contributed by atoms with Gasteiger partial charge in [0.15, 0.2) is 0 Å². The number of ether oxygens (including phenoxy) is 1. The zero-order valence-corrected chi connectivity index (χ0v) is 18.8. The molecule has 0 fully saturated rings. The molecule has 0 heterocycles. The van der Waals surface area contributed by atoms with Crippen molar-refractivity contribution in [2.24, 2.45) is 11.3 Å². The Morgan fingerprint density at radius 2 is 1.66 bits per heavy atom. The van der Waals surface area contributed by atoms with Gasteiger partial charge in [-0.05, 0) is 53.8 Å². The minimum atomic E-state index is -0.917. The van der Waals surface area contributed by atoms with Crippen molar-refractivity contribution in [3.05, 3.63) is 64.1 Å². The van der Waals surface area contributed by atoms with Gasteiger partial charge in [0.25, 0.3) is 5.91 Å². The molecule has 0 aliphatic carbocycles. The molecule has 2 N–H and O–H groups in total. The van der Waals surface area contributed by atoms with Gasteiger partial charge in [-0.25, -0.2) is 0 Å². The molecule has 6 heteroatoms. The number of carbonyl (C=O) groups is 2. The normalized spacial score (nSPS) is 13.4. The topological polar surface area (TPSA) is 75.6 Å². The summed E-state index contributed by atoms with van der Waals surface area (Å²) in [6.07, 6.45) is 0.735. The first kappa shape index (κ1) is 22.9. The van der Waals surface area contributed by atoms with Gasteiger partial charge >= 0.3 is 5.97 Å². The maximum Gasteiger partial charge on any atom is 0.308 e. The van der Waals surface area contributed by atoms with Crippen LogP contribution in [0.4, 0.5) is 0 Å². The van der Waals surface area contributed by atoms with Gasteiger partial charge in [-0.3, -0.25) is 9.59 Å². The lowest BCUT2D eigenvalue weighted by molar-refractivity contribution is -0.145. The van der Waals surface area contributed by atoms with Gasteiger partial charge in [0.2, 0.25) is 0 Å². The van der Waals surface area contributed by atoms with Crippen LogP contribution in [0.25, 0.3) is 0 Å². The number of rotatable bonds is 8. The molecule has 2 aromatic carbocycles. The van der Waals surface area contributed by atoms with Gasteiger partial charge in [0.1, 0.15) is 11.9 Å². The van der Waals surface area contributed by atoms with Crippen molar-refractivity contribution in [2.75, 3.05) is 6.54 Å². The molecule has 5 nitrogen and oxygen atoms in total. The lowest BCUT2D eigenvalue weighted by Crippen LogP contribution is -2.39. The molecule has 0 saturated heterocycles. The number of hydrogen-bond donors (Lipinski definition) is 2. The van der Waals surface area contributed by atoms with E-state index in [0.717, 1.165) is 16.5 Å². The average Bonchev–Trinajstić information content (AvgIpc) is 2.66. The second-order valence-electron chi connectivity index (χ2n) is 8.06. The summed E-state index contributed by atoms with van der Waals surface area (Å²) in [5, 5.41) is 12.1. The van der Waals surface area contributed by atoms with Crippen LogP contribution >= 0.6 is 15.9 Å². The maximum atomic E-state index is 12.4. The van der Waals surface area contributed by atoms with Crippen LogP contribution in [-0.2, 0) is 4.79 Å². The average molecular weight is 462 g/mol. The number of carboxylic acids is 1. The van der Waals surface area contributed by atoms with Crippen LogP contribution in [0.3, 0.4) is 0 Å². The Morgan fingerprint density at radius 1 is 1.07 bits per heavy atom. The summed E-state index contributed by atoms with van der Waals surface area (Å²) in [6, 6.07) is 14.9. The predicted molar refractivity (Wildman–Crippen MR) is 117 cm³/mol. The molecular weight excluding hydrogens is 434 g/mol. The summed E-state index contributed by atoms with van der Waals surface area (Å²) < 4.78 is 7.09. The van der Waals surface area contributed by atoms with Gasteiger partial charge in [-0.15, -0.1) is 0 Å². The van der Waals surface area contributed by atoms with Crippen molar-refractivity contribution in [1.29, 1.82) is 0 Å². The van der Waals surface area contributed by atoms with Crippen molar-refractivity contribution in [2.45, 2.75) is 40.2 Å². The van der Waals surface area contributed by atoms with Crippen LogP contribution in [0.2, 0.25) is 0 Å². The number of halogens is 1. The van der Waals surface area contributed by atoms with Crippen molar-refractivity contribution in [3.8, 4) is 5.75 Å². The minimum Gasteiger partial charge on any atom is -0.486 e. The van der Waals surface area contributed by atoms with E-state index in [9.17, 15) is 14.7 Å². The highest BCUT2D eigenvalue weighted by Gasteiger charge is 2.31. The molecule has 2 atom stereocenters. The number of nitrogens with one attached hydrogen (secondary N) is 1. The van der Waals surface area contributed by atoms with Crippen molar-refractivity contribution in [3.63, 3.8) is 0 Å². The third kappa shape index (κ3) is 6.60. The first-order valence-corrected chi connectivity index (χ1v) is 10.4. The highest BCUT2D eigenvalue weighted by Crippen LogP contribution is 2.27. The van der Waals surface area contributed by atoms with Gasteiger partial charge in [0, 0.05) is 16.6 Å². The largest absolute Gasteiger partial charge is 0.486 e. The lowest BCUT2D eigenvalue weighted by atomic mass is 9.80. The summed E-state index contributed by atoms with van der Waals surface area (Å²) in [5.74, 6) is -1.20. The fraction of sp³-hybridized carbons (Fsp3) is 0.391. The molecule has 0 saturated carbocycles. The fourth-order valence-corrected chi connectivity index (χ4v) is 3.24. The fourth-order valence-electron chi connectivity index (χ4n) is 2.97. The first-order valence-electron chi connectivity index (χ1n) is 9.65. The second-order valence-corrected chi connectivity index (χ2v) is 8.97.